The lowest BCUT2D eigenvalue weighted by molar-refractivity contribution is -0.140. The van der Waals surface area contributed by atoms with Crippen LogP contribution in [0.15, 0.2) is 48.0 Å². The van der Waals surface area contributed by atoms with E-state index in [0.29, 0.717) is 29.8 Å². The van der Waals surface area contributed by atoms with E-state index >= 15 is 0 Å². The number of para-hydroxylation sites is 1. The number of hydrogen-bond donors (Lipinski definition) is 1. The number of ether oxygens (including phenoxy) is 2. The van der Waals surface area contributed by atoms with Crippen molar-refractivity contribution in [3.8, 4) is 11.5 Å². The van der Waals surface area contributed by atoms with Crippen molar-refractivity contribution in [3.05, 3.63) is 64.7 Å². The number of hydrogen-bond acceptors (Lipinski definition) is 6. The van der Waals surface area contributed by atoms with E-state index in [4.69, 9.17) is 9.47 Å². The van der Waals surface area contributed by atoms with Gasteiger partial charge in [-0.2, -0.15) is 0 Å². The number of carbonyl (C=O) groups is 2. The molecule has 1 N–H and O–H groups in total. The molecule has 2 atom stereocenters. The third-order valence-electron chi connectivity index (χ3n) is 6.15. The van der Waals surface area contributed by atoms with Crippen LogP contribution in [0.25, 0.3) is 5.76 Å². The quantitative estimate of drug-likeness (QED) is 0.396. The number of benzene rings is 2. The number of likely N-dealkylation sites (tertiary alicyclic amines) is 1. The van der Waals surface area contributed by atoms with E-state index in [2.05, 4.69) is 0 Å². The SMILES string of the molecule is COc1ccccc1C1/C(=C(\O)c2ccc3c(c2)CC(C)O3)C(=O)C(=O)N1CCCN(C)C. The summed E-state index contributed by atoms with van der Waals surface area (Å²) in [4.78, 5) is 29.9. The van der Waals surface area contributed by atoms with Gasteiger partial charge in [0.1, 0.15) is 23.4 Å². The Morgan fingerprint density at radius 1 is 1.21 bits per heavy atom. The first-order chi connectivity index (χ1) is 15.8. The molecule has 0 spiro atoms. The van der Waals surface area contributed by atoms with E-state index in [1.807, 2.05) is 50.2 Å². The van der Waals surface area contributed by atoms with Gasteiger partial charge in [-0.25, -0.2) is 0 Å². The highest BCUT2D eigenvalue weighted by atomic mass is 16.5. The monoisotopic (exact) mass is 450 g/mol. The van der Waals surface area contributed by atoms with Crippen molar-refractivity contribution < 1.29 is 24.2 Å². The molecule has 4 rings (SSSR count). The number of methoxy groups -OCH3 is 1. The fourth-order valence-electron chi connectivity index (χ4n) is 4.61. The van der Waals surface area contributed by atoms with Gasteiger partial charge < -0.3 is 24.4 Å². The molecule has 7 heteroatoms. The molecule has 7 nitrogen and oxygen atoms in total. The summed E-state index contributed by atoms with van der Waals surface area (Å²) in [5, 5.41) is 11.3. The number of Topliss-reactive ketones (excluding diaryl/α,β-unsaturated/α-hetero) is 1. The van der Waals surface area contributed by atoms with Crippen LogP contribution < -0.4 is 9.47 Å². The normalized spacial score (nSPS) is 21.4. The van der Waals surface area contributed by atoms with Crippen molar-refractivity contribution >= 4 is 17.4 Å². The van der Waals surface area contributed by atoms with Crippen LogP contribution >= 0.6 is 0 Å². The van der Waals surface area contributed by atoms with Crippen molar-refractivity contribution in [1.29, 1.82) is 0 Å². The van der Waals surface area contributed by atoms with Crippen LogP contribution in [-0.4, -0.2) is 67.0 Å². The van der Waals surface area contributed by atoms with Crippen LogP contribution in [-0.2, 0) is 16.0 Å². The fourth-order valence-corrected chi connectivity index (χ4v) is 4.61. The molecule has 174 valence electrons. The Hall–Kier alpha value is -3.32. The maximum atomic E-state index is 13.2. The molecule has 0 bridgehead atoms. The van der Waals surface area contributed by atoms with Crippen molar-refractivity contribution in [2.45, 2.75) is 31.9 Å². The predicted octanol–water partition coefficient (Wildman–Crippen LogP) is 3.39. The maximum Gasteiger partial charge on any atom is 0.295 e. The second-order valence-corrected chi connectivity index (χ2v) is 8.85. The van der Waals surface area contributed by atoms with Crippen LogP contribution in [0.3, 0.4) is 0 Å². The molecule has 0 saturated carbocycles. The minimum atomic E-state index is -0.730. The Morgan fingerprint density at radius 2 is 1.97 bits per heavy atom. The first kappa shape index (κ1) is 22.9. The van der Waals surface area contributed by atoms with Crippen LogP contribution in [0.5, 0.6) is 11.5 Å². The maximum absolute atomic E-state index is 13.2. The van der Waals surface area contributed by atoms with Gasteiger partial charge in [-0.1, -0.05) is 18.2 Å². The number of nitrogens with zero attached hydrogens (tertiary/aromatic N) is 2. The third-order valence-corrected chi connectivity index (χ3v) is 6.15. The zero-order valence-corrected chi connectivity index (χ0v) is 19.5. The number of ketones is 1. The molecule has 2 aromatic carbocycles. The number of aliphatic hydroxyl groups is 1. The van der Waals surface area contributed by atoms with Crippen LogP contribution in [0.1, 0.15) is 36.1 Å². The first-order valence-corrected chi connectivity index (χ1v) is 11.2. The Bertz CT molecular complexity index is 1110. The highest BCUT2D eigenvalue weighted by molar-refractivity contribution is 6.46. The Labute approximate surface area is 194 Å². The van der Waals surface area contributed by atoms with E-state index in [1.54, 1.807) is 30.2 Å². The molecular weight excluding hydrogens is 420 g/mol. The Balaban J connectivity index is 1.81. The summed E-state index contributed by atoms with van der Waals surface area (Å²) < 4.78 is 11.3. The highest BCUT2D eigenvalue weighted by Gasteiger charge is 2.46. The van der Waals surface area contributed by atoms with Crippen molar-refractivity contribution in [1.82, 2.24) is 9.80 Å². The number of amides is 1. The second-order valence-electron chi connectivity index (χ2n) is 8.85. The molecule has 0 aliphatic carbocycles. The summed E-state index contributed by atoms with van der Waals surface area (Å²) in [6.45, 7) is 3.14. The van der Waals surface area contributed by atoms with Gasteiger partial charge in [-0.05, 0) is 63.8 Å². The summed E-state index contributed by atoms with van der Waals surface area (Å²) in [5.74, 6) is -0.127. The zero-order chi connectivity index (χ0) is 23.7. The molecule has 1 fully saturated rings. The van der Waals surface area contributed by atoms with Gasteiger partial charge in [0.25, 0.3) is 11.7 Å². The molecule has 2 aliphatic heterocycles. The second kappa shape index (κ2) is 9.27. The lowest BCUT2D eigenvalue weighted by atomic mass is 9.94. The molecule has 2 heterocycles. The number of carbonyl (C=O) groups excluding carboxylic acids is 2. The minimum Gasteiger partial charge on any atom is -0.507 e. The largest absolute Gasteiger partial charge is 0.507 e. The fraction of sp³-hybridized carbons (Fsp3) is 0.385. The summed E-state index contributed by atoms with van der Waals surface area (Å²) in [6.07, 6.45) is 1.48. The lowest BCUT2D eigenvalue weighted by Gasteiger charge is -2.27. The molecule has 1 saturated heterocycles. The molecule has 0 radical (unpaired) electrons. The van der Waals surface area contributed by atoms with E-state index in [0.717, 1.165) is 24.3 Å². The molecule has 2 aromatic rings. The number of rotatable bonds is 7. The van der Waals surface area contributed by atoms with E-state index in [9.17, 15) is 14.7 Å². The van der Waals surface area contributed by atoms with Gasteiger partial charge in [0.15, 0.2) is 0 Å². The summed E-state index contributed by atoms with van der Waals surface area (Å²) >= 11 is 0. The van der Waals surface area contributed by atoms with Gasteiger partial charge in [0, 0.05) is 24.1 Å². The standard InChI is InChI=1S/C26H30N2O5/c1-16-14-18-15-17(10-11-20(18)33-16)24(29)22-23(19-8-5-6-9-21(19)32-4)28(26(31)25(22)30)13-7-12-27(2)3/h5-6,8-11,15-16,23,29H,7,12-14H2,1-4H3/b24-22+. The average Bonchev–Trinajstić information content (AvgIpc) is 3.29. The van der Waals surface area contributed by atoms with E-state index < -0.39 is 17.7 Å². The van der Waals surface area contributed by atoms with Crippen molar-refractivity contribution in [2.75, 3.05) is 34.3 Å². The van der Waals surface area contributed by atoms with Gasteiger partial charge in [0.2, 0.25) is 0 Å². The van der Waals surface area contributed by atoms with Gasteiger partial charge in [0.05, 0.1) is 18.7 Å². The van der Waals surface area contributed by atoms with Crippen molar-refractivity contribution in [2.24, 2.45) is 0 Å². The van der Waals surface area contributed by atoms with E-state index in [1.165, 1.54) is 0 Å². The van der Waals surface area contributed by atoms with Gasteiger partial charge >= 0.3 is 0 Å². The Kier molecular flexibility index (Phi) is 6.42. The summed E-state index contributed by atoms with van der Waals surface area (Å²) in [6, 6.07) is 11.9. The molecule has 2 unspecified atom stereocenters. The third kappa shape index (κ3) is 4.33. The molecule has 33 heavy (non-hydrogen) atoms. The summed E-state index contributed by atoms with van der Waals surface area (Å²) in [5.41, 5.74) is 2.23. The van der Waals surface area contributed by atoms with Crippen LogP contribution in [0.2, 0.25) is 0 Å². The van der Waals surface area contributed by atoms with Gasteiger partial charge in [-0.15, -0.1) is 0 Å². The molecule has 2 aliphatic rings. The van der Waals surface area contributed by atoms with Crippen LogP contribution in [0, 0.1) is 0 Å². The predicted molar refractivity (Wildman–Crippen MR) is 125 cm³/mol. The van der Waals surface area contributed by atoms with E-state index in [-0.39, 0.29) is 17.4 Å². The summed E-state index contributed by atoms with van der Waals surface area (Å²) in [7, 11) is 5.48. The highest BCUT2D eigenvalue weighted by Crippen LogP contribution is 2.43. The molecule has 1 amide bonds. The molecule has 0 aromatic heterocycles. The van der Waals surface area contributed by atoms with Crippen molar-refractivity contribution in [3.63, 3.8) is 0 Å². The topological polar surface area (TPSA) is 79.3 Å². The van der Waals surface area contributed by atoms with Gasteiger partial charge in [-0.3, -0.25) is 9.59 Å². The first-order valence-electron chi connectivity index (χ1n) is 11.2. The zero-order valence-electron chi connectivity index (χ0n) is 19.5. The minimum absolute atomic E-state index is 0.0632. The average molecular weight is 451 g/mol. The number of fused-ring (bicyclic) bond motifs is 1. The lowest BCUT2D eigenvalue weighted by Crippen LogP contribution is -2.32. The van der Waals surface area contributed by atoms with Crippen LogP contribution in [0.4, 0.5) is 0 Å². The Morgan fingerprint density at radius 3 is 2.70 bits per heavy atom. The molecular formula is C26H30N2O5. The smallest absolute Gasteiger partial charge is 0.295 e. The number of aliphatic hydroxyl groups excluding tert-OH is 1.